The van der Waals surface area contributed by atoms with Crippen LogP contribution in [0.1, 0.15) is 29.6 Å². The van der Waals surface area contributed by atoms with Gasteiger partial charge in [-0.15, -0.1) is 0 Å². The summed E-state index contributed by atoms with van der Waals surface area (Å²) in [4.78, 5) is 13.4. The summed E-state index contributed by atoms with van der Waals surface area (Å²) in [6.45, 7) is 0.745. The summed E-state index contributed by atoms with van der Waals surface area (Å²) in [7, 11) is 3.53. The number of nitrogens with zero attached hydrogens (tertiary/aromatic N) is 1. The van der Waals surface area contributed by atoms with Gasteiger partial charge in [0.15, 0.2) is 0 Å². The Hall–Kier alpha value is -1.55. The van der Waals surface area contributed by atoms with E-state index in [9.17, 15) is 4.79 Å². The predicted octanol–water partition coefficient (Wildman–Crippen LogP) is 1.93. The third kappa shape index (κ3) is 3.26. The average Bonchev–Trinajstić information content (AvgIpc) is 2.86. The number of amides is 1. The van der Waals surface area contributed by atoms with Crippen molar-refractivity contribution in [3.63, 3.8) is 0 Å². The first-order chi connectivity index (χ1) is 9.11. The van der Waals surface area contributed by atoms with Crippen molar-refractivity contribution in [2.24, 2.45) is 11.7 Å². The van der Waals surface area contributed by atoms with E-state index in [0.717, 1.165) is 17.8 Å². The molecule has 1 aromatic carbocycles. The van der Waals surface area contributed by atoms with Crippen LogP contribution in [0.15, 0.2) is 24.3 Å². The van der Waals surface area contributed by atoms with Crippen LogP contribution < -0.4 is 11.1 Å². The van der Waals surface area contributed by atoms with Gasteiger partial charge in [0.25, 0.3) is 5.91 Å². The van der Waals surface area contributed by atoms with Crippen LogP contribution in [0.25, 0.3) is 0 Å². The van der Waals surface area contributed by atoms with Gasteiger partial charge in [0.05, 0.1) is 0 Å². The zero-order chi connectivity index (χ0) is 13.8. The molecule has 0 aromatic heterocycles. The molecule has 2 rings (SSSR count). The number of nitrogens with two attached hydrogens (primary N) is 1. The molecule has 1 saturated carbocycles. The molecule has 0 radical (unpaired) electrons. The summed E-state index contributed by atoms with van der Waals surface area (Å²) in [6, 6.07) is 8.17. The summed E-state index contributed by atoms with van der Waals surface area (Å²) >= 11 is 0. The van der Waals surface area contributed by atoms with E-state index in [4.69, 9.17) is 5.73 Å². The molecule has 0 spiro atoms. The predicted molar refractivity (Wildman–Crippen MR) is 78.3 cm³/mol. The van der Waals surface area contributed by atoms with Crippen LogP contribution in [0, 0.1) is 5.92 Å². The quantitative estimate of drug-likeness (QED) is 0.870. The summed E-state index contributed by atoms with van der Waals surface area (Å²) in [5.74, 6) is 0.607. The number of hydrogen-bond acceptors (Lipinski definition) is 3. The lowest BCUT2D eigenvalue weighted by Crippen LogP contribution is -2.29. The van der Waals surface area contributed by atoms with Gasteiger partial charge in [-0.3, -0.25) is 4.79 Å². The van der Waals surface area contributed by atoms with E-state index in [0.29, 0.717) is 12.0 Å². The first-order valence-corrected chi connectivity index (χ1v) is 6.90. The standard InChI is InChI=1S/C15H23N3O/c1-18(2)15(19)11-6-8-13(9-7-11)17-14-5-3-4-12(14)10-16/h6-9,12,14,17H,3-5,10,16H2,1-2H3. The van der Waals surface area contributed by atoms with Crippen molar-refractivity contribution < 1.29 is 4.79 Å². The lowest BCUT2D eigenvalue weighted by Gasteiger charge is -2.21. The highest BCUT2D eigenvalue weighted by molar-refractivity contribution is 5.94. The fourth-order valence-electron chi connectivity index (χ4n) is 2.69. The normalized spacial score (nSPS) is 22.3. The Labute approximate surface area is 115 Å². The summed E-state index contributed by atoms with van der Waals surface area (Å²) in [5.41, 5.74) is 7.57. The SMILES string of the molecule is CN(C)C(=O)c1ccc(NC2CCCC2CN)cc1. The Morgan fingerprint density at radius 2 is 2.00 bits per heavy atom. The van der Waals surface area contributed by atoms with Gasteiger partial charge < -0.3 is 16.0 Å². The third-order valence-corrected chi connectivity index (χ3v) is 3.85. The molecule has 19 heavy (non-hydrogen) atoms. The molecule has 1 aromatic rings. The second-order valence-corrected chi connectivity index (χ2v) is 5.45. The van der Waals surface area contributed by atoms with Crippen LogP contribution in [0.2, 0.25) is 0 Å². The molecule has 4 heteroatoms. The van der Waals surface area contributed by atoms with Crippen molar-refractivity contribution in [1.82, 2.24) is 4.90 Å². The summed E-state index contributed by atoms with van der Waals surface area (Å²) < 4.78 is 0. The molecule has 2 atom stereocenters. The Bertz CT molecular complexity index is 428. The van der Waals surface area contributed by atoms with Crippen LogP contribution in [-0.4, -0.2) is 37.5 Å². The molecule has 1 amide bonds. The van der Waals surface area contributed by atoms with E-state index in [1.54, 1.807) is 19.0 Å². The van der Waals surface area contributed by atoms with Crippen molar-refractivity contribution in [2.75, 3.05) is 26.0 Å². The molecule has 0 bridgehead atoms. The van der Waals surface area contributed by atoms with Crippen LogP contribution in [0.5, 0.6) is 0 Å². The first-order valence-electron chi connectivity index (χ1n) is 6.90. The Balaban J connectivity index is 2.01. The zero-order valence-electron chi connectivity index (χ0n) is 11.7. The van der Waals surface area contributed by atoms with E-state index in [1.807, 2.05) is 24.3 Å². The molecule has 1 aliphatic carbocycles. The highest BCUT2D eigenvalue weighted by Crippen LogP contribution is 2.27. The third-order valence-electron chi connectivity index (χ3n) is 3.85. The summed E-state index contributed by atoms with van der Waals surface area (Å²) in [6.07, 6.45) is 3.64. The molecule has 1 aliphatic rings. The van der Waals surface area contributed by atoms with Crippen LogP contribution in [-0.2, 0) is 0 Å². The van der Waals surface area contributed by atoms with E-state index >= 15 is 0 Å². The van der Waals surface area contributed by atoms with Gasteiger partial charge in [-0.2, -0.15) is 0 Å². The Kier molecular flexibility index (Phi) is 4.43. The van der Waals surface area contributed by atoms with Crippen molar-refractivity contribution in [1.29, 1.82) is 0 Å². The fraction of sp³-hybridized carbons (Fsp3) is 0.533. The van der Waals surface area contributed by atoms with Crippen LogP contribution in [0.3, 0.4) is 0 Å². The van der Waals surface area contributed by atoms with Crippen LogP contribution >= 0.6 is 0 Å². The molecule has 3 N–H and O–H groups in total. The highest BCUT2D eigenvalue weighted by atomic mass is 16.2. The van der Waals surface area contributed by atoms with E-state index in [1.165, 1.54) is 19.3 Å². The second kappa shape index (κ2) is 6.06. The van der Waals surface area contributed by atoms with Crippen LogP contribution in [0.4, 0.5) is 5.69 Å². The molecule has 4 nitrogen and oxygen atoms in total. The van der Waals surface area contributed by atoms with Gasteiger partial charge in [0.2, 0.25) is 0 Å². The van der Waals surface area contributed by atoms with Gasteiger partial charge >= 0.3 is 0 Å². The Morgan fingerprint density at radius 3 is 2.58 bits per heavy atom. The number of benzene rings is 1. The first kappa shape index (κ1) is 13.9. The maximum Gasteiger partial charge on any atom is 0.253 e. The number of carbonyl (C=O) groups excluding carboxylic acids is 1. The number of carbonyl (C=O) groups is 1. The van der Waals surface area contributed by atoms with E-state index in [2.05, 4.69) is 5.32 Å². The van der Waals surface area contributed by atoms with Crippen molar-refractivity contribution in [3.05, 3.63) is 29.8 Å². The van der Waals surface area contributed by atoms with Gasteiger partial charge in [-0.1, -0.05) is 6.42 Å². The lowest BCUT2D eigenvalue weighted by molar-refractivity contribution is 0.0827. The van der Waals surface area contributed by atoms with E-state index in [-0.39, 0.29) is 5.91 Å². The minimum Gasteiger partial charge on any atom is -0.382 e. The van der Waals surface area contributed by atoms with Gasteiger partial charge in [-0.25, -0.2) is 0 Å². The molecular weight excluding hydrogens is 238 g/mol. The highest BCUT2D eigenvalue weighted by Gasteiger charge is 2.25. The number of rotatable bonds is 4. The lowest BCUT2D eigenvalue weighted by atomic mass is 10.0. The van der Waals surface area contributed by atoms with E-state index < -0.39 is 0 Å². The number of anilines is 1. The second-order valence-electron chi connectivity index (χ2n) is 5.45. The maximum atomic E-state index is 11.8. The minimum absolute atomic E-state index is 0.0345. The molecular formula is C15H23N3O. The molecule has 104 valence electrons. The van der Waals surface area contributed by atoms with Gasteiger partial charge in [-0.05, 0) is 49.6 Å². The number of hydrogen-bond donors (Lipinski definition) is 2. The molecule has 1 fully saturated rings. The zero-order valence-corrected chi connectivity index (χ0v) is 11.7. The van der Waals surface area contributed by atoms with Crippen molar-refractivity contribution in [3.8, 4) is 0 Å². The van der Waals surface area contributed by atoms with Crippen molar-refractivity contribution in [2.45, 2.75) is 25.3 Å². The fourth-order valence-corrected chi connectivity index (χ4v) is 2.69. The maximum absolute atomic E-state index is 11.8. The molecule has 0 saturated heterocycles. The summed E-state index contributed by atoms with van der Waals surface area (Å²) in [5, 5.41) is 3.53. The monoisotopic (exact) mass is 261 g/mol. The molecule has 0 aliphatic heterocycles. The molecule has 0 heterocycles. The average molecular weight is 261 g/mol. The minimum atomic E-state index is 0.0345. The molecule has 2 unspecified atom stereocenters. The van der Waals surface area contributed by atoms with Gasteiger partial charge in [0, 0.05) is 31.4 Å². The largest absolute Gasteiger partial charge is 0.382 e. The van der Waals surface area contributed by atoms with Crippen molar-refractivity contribution >= 4 is 11.6 Å². The van der Waals surface area contributed by atoms with Gasteiger partial charge in [0.1, 0.15) is 0 Å². The Morgan fingerprint density at radius 1 is 1.32 bits per heavy atom. The number of nitrogens with one attached hydrogen (secondary N) is 1. The smallest absolute Gasteiger partial charge is 0.253 e. The topological polar surface area (TPSA) is 58.4 Å².